The molecule has 0 aliphatic heterocycles. The third-order valence-corrected chi connectivity index (χ3v) is 3.72. The van der Waals surface area contributed by atoms with Gasteiger partial charge in [0.05, 0.1) is 5.60 Å². The Morgan fingerprint density at radius 3 is 2.21 bits per heavy atom. The van der Waals surface area contributed by atoms with Crippen LogP contribution in [0.25, 0.3) is 0 Å². The highest BCUT2D eigenvalue weighted by molar-refractivity contribution is 8.00. The Balaban J connectivity index is 3.63. The van der Waals surface area contributed by atoms with E-state index in [0.717, 1.165) is 25.0 Å². The molecule has 0 saturated carbocycles. The molecule has 3 N–H and O–H groups in total. The van der Waals surface area contributed by atoms with Crippen molar-refractivity contribution in [3.05, 3.63) is 0 Å². The topological polar surface area (TPSA) is 46.2 Å². The second kappa shape index (κ2) is 5.99. The largest absolute Gasteiger partial charge is 0.389 e. The van der Waals surface area contributed by atoms with E-state index in [2.05, 4.69) is 20.8 Å². The number of aliphatic hydroxyl groups is 1. The second-order valence-corrected chi connectivity index (χ2v) is 6.77. The molecule has 0 aliphatic carbocycles. The highest BCUT2D eigenvalue weighted by Gasteiger charge is 2.22. The van der Waals surface area contributed by atoms with Gasteiger partial charge in [-0.2, -0.15) is 11.8 Å². The quantitative estimate of drug-likeness (QED) is 0.674. The summed E-state index contributed by atoms with van der Waals surface area (Å²) in [5.74, 6) is 1.10. The van der Waals surface area contributed by atoms with Gasteiger partial charge in [0.15, 0.2) is 0 Å². The van der Waals surface area contributed by atoms with E-state index in [1.165, 1.54) is 0 Å². The number of hydrogen-bond acceptors (Lipinski definition) is 3. The Bertz CT molecular complexity index is 150. The lowest BCUT2D eigenvalue weighted by atomic mass is 9.95. The molecule has 0 heterocycles. The van der Waals surface area contributed by atoms with E-state index in [0.29, 0.717) is 11.3 Å². The van der Waals surface area contributed by atoms with Crippen molar-refractivity contribution in [2.75, 3.05) is 12.3 Å². The van der Waals surface area contributed by atoms with Crippen LogP contribution in [-0.4, -0.2) is 27.8 Å². The van der Waals surface area contributed by atoms with E-state index >= 15 is 0 Å². The minimum Gasteiger partial charge on any atom is -0.389 e. The molecule has 0 amide bonds. The molecule has 1 atom stereocenters. The van der Waals surface area contributed by atoms with Crippen LogP contribution in [0.5, 0.6) is 0 Å². The smallest absolute Gasteiger partial charge is 0.0767 e. The summed E-state index contributed by atoms with van der Waals surface area (Å²) >= 11 is 1.94. The number of nitrogens with two attached hydrogens (primary N) is 1. The van der Waals surface area contributed by atoms with Gasteiger partial charge in [-0.15, -0.1) is 0 Å². The van der Waals surface area contributed by atoms with E-state index < -0.39 is 5.60 Å². The Kier molecular flexibility index (Phi) is 6.10. The summed E-state index contributed by atoms with van der Waals surface area (Å²) in [6, 6.07) is 0. The van der Waals surface area contributed by atoms with E-state index in [-0.39, 0.29) is 0 Å². The fraction of sp³-hybridized carbons (Fsp3) is 1.00. The highest BCUT2D eigenvalue weighted by Crippen LogP contribution is 2.25. The van der Waals surface area contributed by atoms with Crippen LogP contribution in [-0.2, 0) is 0 Å². The predicted octanol–water partition coefficient (Wildman–Crippen LogP) is 2.40. The maximum atomic E-state index is 9.92. The van der Waals surface area contributed by atoms with Gasteiger partial charge in [-0.05, 0) is 25.0 Å². The standard InChI is InChI=1S/C11H25NOS/c1-5-11(13,9-12)7-6-8-14-10(2,3)4/h13H,5-9,12H2,1-4H3. The molecule has 0 rings (SSSR count). The maximum absolute atomic E-state index is 9.92. The molecule has 0 aromatic heterocycles. The summed E-state index contributed by atoms with van der Waals surface area (Å²) in [4.78, 5) is 0. The van der Waals surface area contributed by atoms with Gasteiger partial charge in [0.1, 0.15) is 0 Å². The highest BCUT2D eigenvalue weighted by atomic mass is 32.2. The van der Waals surface area contributed by atoms with Crippen LogP contribution in [0.2, 0.25) is 0 Å². The molecule has 86 valence electrons. The molecule has 0 fully saturated rings. The zero-order chi connectivity index (χ0) is 11.2. The van der Waals surface area contributed by atoms with Crippen molar-refractivity contribution >= 4 is 11.8 Å². The Morgan fingerprint density at radius 1 is 1.29 bits per heavy atom. The van der Waals surface area contributed by atoms with Crippen molar-refractivity contribution < 1.29 is 5.11 Å². The number of hydrogen-bond donors (Lipinski definition) is 2. The van der Waals surface area contributed by atoms with Crippen molar-refractivity contribution in [3.8, 4) is 0 Å². The fourth-order valence-electron chi connectivity index (χ4n) is 1.20. The summed E-state index contributed by atoms with van der Waals surface area (Å²) in [5, 5.41) is 9.92. The number of rotatable bonds is 6. The van der Waals surface area contributed by atoms with Crippen LogP contribution in [0.15, 0.2) is 0 Å². The summed E-state index contributed by atoms with van der Waals surface area (Å²) in [5.41, 5.74) is 4.90. The van der Waals surface area contributed by atoms with Crippen molar-refractivity contribution in [2.24, 2.45) is 5.73 Å². The second-order valence-electron chi connectivity index (χ2n) is 4.85. The monoisotopic (exact) mass is 219 g/mol. The summed E-state index contributed by atoms with van der Waals surface area (Å²) in [6.45, 7) is 9.01. The van der Waals surface area contributed by atoms with Crippen LogP contribution in [0.4, 0.5) is 0 Å². The molecule has 2 nitrogen and oxygen atoms in total. The fourth-order valence-corrected chi connectivity index (χ4v) is 2.10. The first-order chi connectivity index (χ1) is 6.33. The summed E-state index contributed by atoms with van der Waals surface area (Å²) < 4.78 is 0.326. The third kappa shape index (κ3) is 6.68. The molecule has 14 heavy (non-hydrogen) atoms. The Labute approximate surface area is 92.6 Å². The lowest BCUT2D eigenvalue weighted by molar-refractivity contribution is 0.0360. The molecular weight excluding hydrogens is 194 g/mol. The van der Waals surface area contributed by atoms with Gasteiger partial charge in [-0.1, -0.05) is 27.7 Å². The van der Waals surface area contributed by atoms with Gasteiger partial charge < -0.3 is 10.8 Å². The van der Waals surface area contributed by atoms with Crippen molar-refractivity contribution in [1.82, 2.24) is 0 Å². The van der Waals surface area contributed by atoms with E-state index in [1.807, 2.05) is 18.7 Å². The third-order valence-electron chi connectivity index (χ3n) is 2.36. The lowest BCUT2D eigenvalue weighted by Crippen LogP contribution is -2.37. The van der Waals surface area contributed by atoms with Crippen LogP contribution >= 0.6 is 11.8 Å². The first-order valence-electron chi connectivity index (χ1n) is 5.39. The summed E-state index contributed by atoms with van der Waals surface area (Å²) in [6.07, 6.45) is 2.62. The van der Waals surface area contributed by atoms with E-state index in [4.69, 9.17) is 5.73 Å². The average Bonchev–Trinajstić information content (AvgIpc) is 2.11. The predicted molar refractivity (Wildman–Crippen MR) is 65.7 cm³/mol. The van der Waals surface area contributed by atoms with Crippen LogP contribution in [0.3, 0.4) is 0 Å². The first kappa shape index (κ1) is 14.3. The van der Waals surface area contributed by atoms with Crippen molar-refractivity contribution in [3.63, 3.8) is 0 Å². The van der Waals surface area contributed by atoms with Gasteiger partial charge >= 0.3 is 0 Å². The lowest BCUT2D eigenvalue weighted by Gasteiger charge is -2.25. The van der Waals surface area contributed by atoms with Gasteiger partial charge in [0.25, 0.3) is 0 Å². The Hall–Kier alpha value is 0.270. The van der Waals surface area contributed by atoms with Crippen molar-refractivity contribution in [2.45, 2.75) is 57.3 Å². The molecule has 3 heteroatoms. The molecule has 0 bridgehead atoms. The zero-order valence-corrected chi connectivity index (χ0v) is 10.8. The first-order valence-corrected chi connectivity index (χ1v) is 6.38. The number of thioether (sulfide) groups is 1. The Morgan fingerprint density at radius 2 is 1.86 bits per heavy atom. The molecule has 0 aromatic rings. The molecule has 0 aromatic carbocycles. The van der Waals surface area contributed by atoms with Gasteiger partial charge in [0.2, 0.25) is 0 Å². The van der Waals surface area contributed by atoms with Crippen LogP contribution in [0.1, 0.15) is 47.0 Å². The molecule has 0 aliphatic rings. The normalized spacial score (nSPS) is 16.7. The average molecular weight is 219 g/mol. The van der Waals surface area contributed by atoms with Gasteiger partial charge in [0, 0.05) is 11.3 Å². The van der Waals surface area contributed by atoms with E-state index in [9.17, 15) is 5.11 Å². The molecule has 0 spiro atoms. The molecule has 1 unspecified atom stereocenters. The molecule has 0 radical (unpaired) electrons. The maximum Gasteiger partial charge on any atom is 0.0767 e. The van der Waals surface area contributed by atoms with Crippen LogP contribution < -0.4 is 5.73 Å². The minimum atomic E-state index is -0.627. The van der Waals surface area contributed by atoms with Crippen molar-refractivity contribution in [1.29, 1.82) is 0 Å². The molecule has 0 saturated heterocycles. The summed E-state index contributed by atoms with van der Waals surface area (Å²) in [7, 11) is 0. The van der Waals surface area contributed by atoms with E-state index in [1.54, 1.807) is 0 Å². The van der Waals surface area contributed by atoms with Crippen LogP contribution in [0, 0.1) is 0 Å². The molecular formula is C11H25NOS. The minimum absolute atomic E-state index is 0.326. The zero-order valence-electron chi connectivity index (χ0n) is 9.97. The SMILES string of the molecule is CCC(O)(CN)CCCSC(C)(C)C. The van der Waals surface area contributed by atoms with Gasteiger partial charge in [-0.3, -0.25) is 0 Å². The van der Waals surface area contributed by atoms with Gasteiger partial charge in [-0.25, -0.2) is 0 Å².